The molecule has 2 rings (SSSR count). The average molecular weight is 267 g/mol. The second-order valence-corrected chi connectivity index (χ2v) is 7.17. The molecule has 1 saturated carbocycles. The van der Waals surface area contributed by atoms with Crippen molar-refractivity contribution in [2.45, 2.75) is 89.8 Å². The molecule has 1 aliphatic heterocycles. The van der Waals surface area contributed by atoms with Crippen molar-refractivity contribution in [1.29, 1.82) is 0 Å². The third-order valence-electron chi connectivity index (χ3n) is 5.42. The number of hydrogen-bond acceptors (Lipinski definition) is 3. The molecule has 4 atom stereocenters. The molecular weight excluding hydrogens is 234 g/mol. The fourth-order valence-electron chi connectivity index (χ4n) is 3.86. The molecule has 0 aromatic rings. The largest absolute Gasteiger partial charge is 0.329 e. The SMILES string of the molecule is CC1CCCC(CN)(NN2C(C)CCCC2C)CC1. The monoisotopic (exact) mass is 267 g/mol. The van der Waals surface area contributed by atoms with Crippen molar-refractivity contribution < 1.29 is 0 Å². The summed E-state index contributed by atoms with van der Waals surface area (Å²) in [6.45, 7) is 7.87. The first-order valence-corrected chi connectivity index (χ1v) is 8.32. The van der Waals surface area contributed by atoms with Crippen LogP contribution in [-0.2, 0) is 0 Å². The van der Waals surface area contributed by atoms with Gasteiger partial charge in [0.25, 0.3) is 0 Å². The van der Waals surface area contributed by atoms with Gasteiger partial charge in [-0.25, -0.2) is 10.4 Å². The molecule has 19 heavy (non-hydrogen) atoms. The molecule has 3 heteroatoms. The standard InChI is InChI=1S/C16H33N3/c1-13-6-5-10-16(12-17,11-9-13)18-19-14(2)7-4-8-15(19)3/h13-15,18H,4-12,17H2,1-3H3. The highest BCUT2D eigenvalue weighted by Gasteiger charge is 2.36. The molecule has 0 aromatic carbocycles. The highest BCUT2D eigenvalue weighted by Crippen LogP contribution is 2.31. The van der Waals surface area contributed by atoms with Gasteiger partial charge in [-0.3, -0.25) is 0 Å². The maximum Gasteiger partial charge on any atom is 0.0448 e. The molecule has 1 heterocycles. The van der Waals surface area contributed by atoms with Crippen LogP contribution in [0.1, 0.15) is 72.1 Å². The summed E-state index contributed by atoms with van der Waals surface area (Å²) in [4.78, 5) is 0. The Labute approximate surface area is 119 Å². The zero-order valence-corrected chi connectivity index (χ0v) is 13.1. The van der Waals surface area contributed by atoms with Crippen molar-refractivity contribution in [3.05, 3.63) is 0 Å². The fraction of sp³-hybridized carbons (Fsp3) is 1.00. The van der Waals surface area contributed by atoms with E-state index in [4.69, 9.17) is 5.73 Å². The molecule has 1 saturated heterocycles. The normalized spacial score (nSPS) is 42.0. The topological polar surface area (TPSA) is 41.3 Å². The van der Waals surface area contributed by atoms with Gasteiger partial charge in [-0.1, -0.05) is 26.2 Å². The summed E-state index contributed by atoms with van der Waals surface area (Å²) in [6, 6.07) is 1.29. The van der Waals surface area contributed by atoms with Gasteiger partial charge in [0, 0.05) is 24.2 Å². The van der Waals surface area contributed by atoms with E-state index in [1.807, 2.05) is 0 Å². The van der Waals surface area contributed by atoms with Crippen LogP contribution in [0.4, 0.5) is 0 Å². The van der Waals surface area contributed by atoms with Gasteiger partial charge in [0.2, 0.25) is 0 Å². The zero-order valence-electron chi connectivity index (χ0n) is 13.1. The number of nitrogens with one attached hydrogen (secondary N) is 1. The van der Waals surface area contributed by atoms with Gasteiger partial charge in [0.1, 0.15) is 0 Å². The first-order chi connectivity index (χ1) is 9.06. The van der Waals surface area contributed by atoms with Crippen LogP contribution in [-0.4, -0.2) is 29.2 Å². The van der Waals surface area contributed by atoms with Gasteiger partial charge in [-0.2, -0.15) is 0 Å². The predicted octanol–water partition coefficient (Wildman–Crippen LogP) is 3.05. The molecule has 0 spiro atoms. The number of hydrogen-bond donors (Lipinski definition) is 2. The molecule has 112 valence electrons. The lowest BCUT2D eigenvalue weighted by Crippen LogP contribution is -2.63. The first kappa shape index (κ1) is 15.3. The summed E-state index contributed by atoms with van der Waals surface area (Å²) in [5.74, 6) is 0.867. The molecule has 0 aromatic heterocycles. The van der Waals surface area contributed by atoms with Crippen LogP contribution in [0.5, 0.6) is 0 Å². The van der Waals surface area contributed by atoms with Gasteiger partial charge in [-0.05, 0) is 51.9 Å². The lowest BCUT2D eigenvalue weighted by atomic mass is 9.90. The molecule has 3 nitrogen and oxygen atoms in total. The number of piperidine rings is 1. The highest BCUT2D eigenvalue weighted by molar-refractivity contribution is 4.93. The van der Waals surface area contributed by atoms with Crippen molar-refractivity contribution in [1.82, 2.24) is 10.4 Å². The van der Waals surface area contributed by atoms with Crippen molar-refractivity contribution in [3.63, 3.8) is 0 Å². The highest BCUT2D eigenvalue weighted by atomic mass is 15.6. The fourth-order valence-corrected chi connectivity index (χ4v) is 3.86. The summed E-state index contributed by atoms with van der Waals surface area (Å²) in [5, 5.41) is 2.52. The lowest BCUT2D eigenvalue weighted by molar-refractivity contribution is -0.00313. The van der Waals surface area contributed by atoms with E-state index < -0.39 is 0 Å². The van der Waals surface area contributed by atoms with Gasteiger partial charge >= 0.3 is 0 Å². The summed E-state index contributed by atoms with van der Waals surface area (Å²) in [7, 11) is 0. The molecule has 3 N–H and O–H groups in total. The summed E-state index contributed by atoms with van der Waals surface area (Å²) >= 11 is 0. The van der Waals surface area contributed by atoms with Crippen LogP contribution in [0, 0.1) is 5.92 Å². The molecular formula is C16H33N3. The lowest BCUT2D eigenvalue weighted by Gasteiger charge is -2.46. The minimum absolute atomic E-state index is 0.157. The van der Waals surface area contributed by atoms with Crippen LogP contribution in [0.25, 0.3) is 0 Å². The van der Waals surface area contributed by atoms with E-state index in [0.29, 0.717) is 12.1 Å². The van der Waals surface area contributed by atoms with E-state index in [0.717, 1.165) is 12.5 Å². The van der Waals surface area contributed by atoms with Gasteiger partial charge in [0.15, 0.2) is 0 Å². The number of nitrogens with zero attached hydrogens (tertiary/aromatic N) is 1. The maximum absolute atomic E-state index is 6.17. The van der Waals surface area contributed by atoms with Crippen LogP contribution >= 0.6 is 0 Å². The number of rotatable bonds is 3. The Balaban J connectivity index is 2.04. The van der Waals surface area contributed by atoms with E-state index in [2.05, 4.69) is 31.2 Å². The molecule has 0 bridgehead atoms. The molecule has 2 aliphatic rings. The third kappa shape index (κ3) is 3.71. The Kier molecular flexibility index (Phi) is 5.27. The molecule has 0 amide bonds. The smallest absolute Gasteiger partial charge is 0.0448 e. The van der Waals surface area contributed by atoms with Crippen molar-refractivity contribution in [3.8, 4) is 0 Å². The van der Waals surface area contributed by atoms with Crippen LogP contribution in [0.2, 0.25) is 0 Å². The summed E-state index contributed by atoms with van der Waals surface area (Å²) in [5.41, 5.74) is 10.2. The van der Waals surface area contributed by atoms with Crippen molar-refractivity contribution in [2.75, 3.05) is 6.54 Å². The number of hydrazine groups is 1. The summed E-state index contributed by atoms with van der Waals surface area (Å²) in [6.07, 6.45) is 10.5. The second kappa shape index (κ2) is 6.55. The Morgan fingerprint density at radius 2 is 1.68 bits per heavy atom. The Morgan fingerprint density at radius 1 is 1.00 bits per heavy atom. The Hall–Kier alpha value is -0.120. The quantitative estimate of drug-likeness (QED) is 0.772. The summed E-state index contributed by atoms with van der Waals surface area (Å²) < 4.78 is 0. The predicted molar refractivity (Wildman–Crippen MR) is 81.8 cm³/mol. The molecule has 1 aliphatic carbocycles. The molecule has 4 unspecified atom stereocenters. The Bertz CT molecular complexity index is 271. The first-order valence-electron chi connectivity index (χ1n) is 8.32. The van der Waals surface area contributed by atoms with Crippen LogP contribution < -0.4 is 11.2 Å². The minimum Gasteiger partial charge on any atom is -0.329 e. The zero-order chi connectivity index (χ0) is 13.9. The van der Waals surface area contributed by atoms with E-state index in [9.17, 15) is 0 Å². The number of nitrogens with two attached hydrogens (primary N) is 1. The van der Waals surface area contributed by atoms with E-state index in [1.54, 1.807) is 0 Å². The second-order valence-electron chi connectivity index (χ2n) is 7.17. The average Bonchev–Trinajstić information content (AvgIpc) is 2.57. The van der Waals surface area contributed by atoms with Crippen molar-refractivity contribution in [2.24, 2.45) is 11.7 Å². The van der Waals surface area contributed by atoms with E-state index in [-0.39, 0.29) is 5.54 Å². The van der Waals surface area contributed by atoms with Gasteiger partial charge < -0.3 is 5.73 Å². The Morgan fingerprint density at radius 3 is 2.32 bits per heavy atom. The van der Waals surface area contributed by atoms with E-state index >= 15 is 0 Å². The molecule has 2 fully saturated rings. The maximum atomic E-state index is 6.17. The van der Waals surface area contributed by atoms with Gasteiger partial charge in [0.05, 0.1) is 0 Å². The molecule has 0 radical (unpaired) electrons. The van der Waals surface area contributed by atoms with E-state index in [1.165, 1.54) is 51.4 Å². The van der Waals surface area contributed by atoms with Crippen LogP contribution in [0.3, 0.4) is 0 Å². The van der Waals surface area contributed by atoms with Crippen molar-refractivity contribution >= 4 is 0 Å². The van der Waals surface area contributed by atoms with Gasteiger partial charge in [-0.15, -0.1) is 0 Å². The minimum atomic E-state index is 0.157. The third-order valence-corrected chi connectivity index (χ3v) is 5.42. The van der Waals surface area contributed by atoms with Crippen LogP contribution in [0.15, 0.2) is 0 Å².